The molecule has 0 fully saturated rings. The van der Waals surface area contributed by atoms with Crippen LogP contribution in [-0.4, -0.2) is 34.0 Å². The maximum absolute atomic E-state index is 13.2. The average Bonchev–Trinajstić information content (AvgIpc) is 3.09. The van der Waals surface area contributed by atoms with Crippen LogP contribution in [0.1, 0.15) is 18.1 Å². The van der Waals surface area contributed by atoms with E-state index in [0.717, 1.165) is 0 Å². The first-order valence-electron chi connectivity index (χ1n) is 7.79. The Morgan fingerprint density at radius 1 is 1.16 bits per heavy atom. The second-order valence-electron chi connectivity index (χ2n) is 5.82. The molecule has 0 aromatic heterocycles. The summed E-state index contributed by atoms with van der Waals surface area (Å²) >= 11 is 0. The number of aliphatic hydroxyl groups excluding tert-OH is 1. The number of hydrogen-bond acceptors (Lipinski definition) is 6. The lowest BCUT2D eigenvalue weighted by Gasteiger charge is -2.33. The number of fused-ring (bicyclic) bond motifs is 2. The molecule has 0 aliphatic carbocycles. The molecule has 132 valence electrons. The van der Waals surface area contributed by atoms with E-state index >= 15 is 0 Å². The van der Waals surface area contributed by atoms with E-state index < -0.39 is 16.1 Å². The minimum atomic E-state index is -3.81. The molecule has 0 saturated heterocycles. The molecular weight excluding hydrogens is 346 g/mol. The van der Waals surface area contributed by atoms with Gasteiger partial charge in [0, 0.05) is 24.2 Å². The standard InChI is InChI=1S/C17H17NO6S/c1-22-11-2-4-13-14(8-11)18(7-6-15(13)19)25(20,21)12-3-5-16-17(9-12)24-10-23-16/h2-5,8-9,15,19H,6-7,10H2,1H3. The maximum Gasteiger partial charge on any atom is 0.264 e. The fourth-order valence-electron chi connectivity index (χ4n) is 3.08. The van der Waals surface area contributed by atoms with Crippen molar-refractivity contribution in [2.75, 3.05) is 24.8 Å². The first-order chi connectivity index (χ1) is 12.0. The average molecular weight is 363 g/mol. The second kappa shape index (κ2) is 5.82. The highest BCUT2D eigenvalue weighted by Crippen LogP contribution is 2.41. The predicted octanol–water partition coefficient (Wildman–Crippen LogP) is 2.06. The first kappa shape index (κ1) is 16.0. The van der Waals surface area contributed by atoms with Crippen LogP contribution in [0.2, 0.25) is 0 Å². The van der Waals surface area contributed by atoms with E-state index in [0.29, 0.717) is 34.9 Å². The van der Waals surface area contributed by atoms with Crippen molar-refractivity contribution in [2.24, 2.45) is 0 Å². The number of sulfonamides is 1. The van der Waals surface area contributed by atoms with Gasteiger partial charge in [0.2, 0.25) is 6.79 Å². The lowest BCUT2D eigenvalue weighted by molar-refractivity contribution is 0.166. The van der Waals surface area contributed by atoms with Crippen LogP contribution in [0.15, 0.2) is 41.3 Å². The van der Waals surface area contributed by atoms with Crippen LogP contribution in [0.3, 0.4) is 0 Å². The van der Waals surface area contributed by atoms with Crippen LogP contribution in [0, 0.1) is 0 Å². The Kier molecular flexibility index (Phi) is 3.73. The Bertz CT molecular complexity index is 927. The van der Waals surface area contributed by atoms with Crippen LogP contribution in [0.5, 0.6) is 17.2 Å². The summed E-state index contributed by atoms with van der Waals surface area (Å²) in [6.45, 7) is 0.257. The summed E-state index contributed by atoms with van der Waals surface area (Å²) in [5, 5.41) is 10.2. The van der Waals surface area contributed by atoms with E-state index in [1.165, 1.54) is 23.5 Å². The molecule has 4 rings (SSSR count). The number of rotatable bonds is 3. The quantitative estimate of drug-likeness (QED) is 0.898. The van der Waals surface area contributed by atoms with Gasteiger partial charge in [-0.25, -0.2) is 8.42 Å². The smallest absolute Gasteiger partial charge is 0.264 e. The van der Waals surface area contributed by atoms with E-state index in [9.17, 15) is 13.5 Å². The summed E-state index contributed by atoms with van der Waals surface area (Å²) in [5.41, 5.74) is 0.993. The summed E-state index contributed by atoms with van der Waals surface area (Å²) in [6.07, 6.45) is -0.382. The molecule has 7 nitrogen and oxygen atoms in total. The Labute approximate surface area is 145 Å². The van der Waals surface area contributed by atoms with Crippen molar-refractivity contribution in [3.8, 4) is 17.2 Å². The molecule has 1 N–H and O–H groups in total. The van der Waals surface area contributed by atoms with E-state index in [1.54, 1.807) is 24.3 Å². The highest BCUT2D eigenvalue weighted by molar-refractivity contribution is 7.92. The Morgan fingerprint density at radius 2 is 1.96 bits per heavy atom. The molecule has 0 saturated carbocycles. The monoisotopic (exact) mass is 363 g/mol. The zero-order valence-electron chi connectivity index (χ0n) is 13.5. The van der Waals surface area contributed by atoms with Crippen LogP contribution in [-0.2, 0) is 10.0 Å². The van der Waals surface area contributed by atoms with Gasteiger partial charge in [0.25, 0.3) is 10.0 Å². The second-order valence-corrected chi connectivity index (χ2v) is 7.68. The van der Waals surface area contributed by atoms with Gasteiger partial charge in [0.15, 0.2) is 11.5 Å². The SMILES string of the molecule is COc1ccc2c(c1)N(S(=O)(=O)c1ccc3c(c1)OCO3)CCC2O. The molecule has 25 heavy (non-hydrogen) atoms. The molecule has 2 heterocycles. The van der Waals surface area contributed by atoms with Crippen LogP contribution in [0.4, 0.5) is 5.69 Å². The Hall–Kier alpha value is -2.45. The third-order valence-corrected chi connectivity index (χ3v) is 6.21. The minimum absolute atomic E-state index is 0.0781. The van der Waals surface area contributed by atoms with E-state index in [4.69, 9.17) is 14.2 Å². The van der Waals surface area contributed by atoms with Crippen molar-refractivity contribution in [1.29, 1.82) is 0 Å². The van der Waals surface area contributed by atoms with Crippen LogP contribution >= 0.6 is 0 Å². The minimum Gasteiger partial charge on any atom is -0.497 e. The molecule has 0 spiro atoms. The zero-order valence-corrected chi connectivity index (χ0v) is 14.3. The summed E-state index contributed by atoms with van der Waals surface area (Å²) < 4.78 is 43.3. The van der Waals surface area contributed by atoms with Gasteiger partial charge in [0.1, 0.15) is 5.75 Å². The van der Waals surface area contributed by atoms with E-state index in [2.05, 4.69) is 0 Å². The highest BCUT2D eigenvalue weighted by atomic mass is 32.2. The third-order valence-electron chi connectivity index (χ3n) is 4.40. The molecule has 0 radical (unpaired) electrons. The first-order valence-corrected chi connectivity index (χ1v) is 9.23. The highest BCUT2D eigenvalue weighted by Gasteiger charge is 2.33. The Morgan fingerprint density at radius 3 is 2.76 bits per heavy atom. The number of methoxy groups -OCH3 is 1. The van der Waals surface area contributed by atoms with Gasteiger partial charge in [-0.1, -0.05) is 6.07 Å². The topological polar surface area (TPSA) is 85.3 Å². The van der Waals surface area contributed by atoms with Gasteiger partial charge < -0.3 is 19.3 Å². The number of aliphatic hydroxyl groups is 1. The maximum atomic E-state index is 13.2. The molecule has 2 aromatic carbocycles. The van der Waals surface area contributed by atoms with E-state index in [1.807, 2.05) is 0 Å². The van der Waals surface area contributed by atoms with Crippen LogP contribution < -0.4 is 18.5 Å². The summed E-state index contributed by atoms with van der Waals surface area (Å²) in [5.74, 6) is 1.46. The molecule has 0 amide bonds. The van der Waals surface area contributed by atoms with Crippen molar-refractivity contribution in [2.45, 2.75) is 17.4 Å². The molecule has 8 heteroatoms. The van der Waals surface area contributed by atoms with Crippen molar-refractivity contribution < 1.29 is 27.7 Å². The van der Waals surface area contributed by atoms with Crippen molar-refractivity contribution in [3.05, 3.63) is 42.0 Å². The number of anilines is 1. The van der Waals surface area contributed by atoms with Gasteiger partial charge in [0.05, 0.1) is 23.8 Å². The van der Waals surface area contributed by atoms with Gasteiger partial charge >= 0.3 is 0 Å². The van der Waals surface area contributed by atoms with Crippen molar-refractivity contribution >= 4 is 15.7 Å². The van der Waals surface area contributed by atoms with Gasteiger partial charge in [-0.3, -0.25) is 4.31 Å². The molecule has 1 unspecified atom stereocenters. The third kappa shape index (κ3) is 2.58. The Balaban J connectivity index is 1.80. The fraction of sp³-hybridized carbons (Fsp3) is 0.294. The van der Waals surface area contributed by atoms with Gasteiger partial charge in [-0.15, -0.1) is 0 Å². The van der Waals surface area contributed by atoms with Gasteiger partial charge in [-0.2, -0.15) is 0 Å². The zero-order chi connectivity index (χ0) is 17.6. The molecule has 1 atom stereocenters. The van der Waals surface area contributed by atoms with Gasteiger partial charge in [-0.05, 0) is 24.6 Å². The van der Waals surface area contributed by atoms with Crippen molar-refractivity contribution in [1.82, 2.24) is 0 Å². The summed E-state index contributed by atoms with van der Waals surface area (Å²) in [4.78, 5) is 0.113. The van der Waals surface area contributed by atoms with Crippen molar-refractivity contribution in [3.63, 3.8) is 0 Å². The molecule has 2 aromatic rings. The number of hydrogen-bond donors (Lipinski definition) is 1. The molecule has 2 aliphatic heterocycles. The number of ether oxygens (including phenoxy) is 3. The lowest BCUT2D eigenvalue weighted by Crippen LogP contribution is -2.36. The molecule has 0 bridgehead atoms. The lowest BCUT2D eigenvalue weighted by atomic mass is 10.0. The molecule has 2 aliphatic rings. The number of benzene rings is 2. The number of nitrogens with zero attached hydrogens (tertiary/aromatic N) is 1. The molecular formula is C17H17NO6S. The van der Waals surface area contributed by atoms with E-state index in [-0.39, 0.29) is 18.2 Å². The summed E-state index contributed by atoms with van der Waals surface area (Å²) in [6, 6.07) is 9.57. The summed E-state index contributed by atoms with van der Waals surface area (Å²) in [7, 11) is -2.30. The van der Waals surface area contributed by atoms with Crippen LogP contribution in [0.25, 0.3) is 0 Å². The largest absolute Gasteiger partial charge is 0.497 e. The normalized spacial score (nSPS) is 18.8. The predicted molar refractivity (Wildman–Crippen MR) is 89.7 cm³/mol. The fourth-order valence-corrected chi connectivity index (χ4v) is 4.59.